The normalized spacial score (nSPS) is 11.3. The number of nitrogens with zero attached hydrogens (tertiary/aromatic N) is 1. The summed E-state index contributed by atoms with van der Waals surface area (Å²) in [6, 6.07) is 6.12. The van der Waals surface area contributed by atoms with E-state index in [9.17, 15) is 9.59 Å². The second kappa shape index (κ2) is 6.98. The summed E-state index contributed by atoms with van der Waals surface area (Å²) in [5, 5.41) is 11.4. The summed E-state index contributed by atoms with van der Waals surface area (Å²) < 4.78 is 4.67. The molecule has 19 heavy (non-hydrogen) atoms. The Morgan fingerprint density at radius 3 is 2.74 bits per heavy atom. The summed E-state index contributed by atoms with van der Waals surface area (Å²) in [5.41, 5.74) is 0.201. The van der Waals surface area contributed by atoms with Crippen molar-refractivity contribution in [2.24, 2.45) is 0 Å². The first-order valence-electron chi connectivity index (χ1n) is 5.26. The second-order valence-electron chi connectivity index (χ2n) is 3.57. The number of carbonyl (C=O) groups excluding carboxylic acids is 2. The summed E-state index contributed by atoms with van der Waals surface area (Å²) in [7, 11) is 0. The number of benzene rings is 1. The van der Waals surface area contributed by atoms with E-state index in [0.717, 1.165) is 0 Å². The SMILES string of the molecule is C[C@@H](C#N)OC(=O)CNC(=O)c1ccc(Cl)cc1Cl. The number of carbonyl (C=O) groups is 2. The zero-order valence-electron chi connectivity index (χ0n) is 9.94. The lowest BCUT2D eigenvalue weighted by molar-refractivity contribution is -0.144. The molecule has 0 heterocycles. The average Bonchev–Trinajstić information content (AvgIpc) is 2.35. The maximum Gasteiger partial charge on any atom is 0.326 e. The Balaban J connectivity index is 2.56. The number of halogens is 2. The van der Waals surface area contributed by atoms with E-state index < -0.39 is 18.0 Å². The molecule has 0 aliphatic rings. The first kappa shape index (κ1) is 15.3. The van der Waals surface area contributed by atoms with Gasteiger partial charge in [0.15, 0.2) is 6.10 Å². The Morgan fingerprint density at radius 2 is 2.16 bits per heavy atom. The summed E-state index contributed by atoms with van der Waals surface area (Å²) in [6.45, 7) is 1.08. The molecule has 0 aliphatic heterocycles. The highest BCUT2D eigenvalue weighted by atomic mass is 35.5. The highest BCUT2D eigenvalue weighted by Crippen LogP contribution is 2.20. The van der Waals surface area contributed by atoms with Crippen LogP contribution in [0.3, 0.4) is 0 Å². The Labute approximate surface area is 120 Å². The van der Waals surface area contributed by atoms with Gasteiger partial charge in [-0.2, -0.15) is 5.26 Å². The van der Waals surface area contributed by atoms with Crippen LogP contribution in [-0.2, 0) is 9.53 Å². The third kappa shape index (κ3) is 4.78. The van der Waals surface area contributed by atoms with E-state index in [0.29, 0.717) is 5.02 Å². The quantitative estimate of drug-likeness (QED) is 0.864. The van der Waals surface area contributed by atoms with Crippen molar-refractivity contribution in [1.29, 1.82) is 5.26 Å². The number of rotatable bonds is 4. The molecule has 1 N–H and O–H groups in total. The fourth-order valence-electron chi connectivity index (χ4n) is 1.19. The van der Waals surface area contributed by atoms with Crippen molar-refractivity contribution in [2.45, 2.75) is 13.0 Å². The lowest BCUT2D eigenvalue weighted by Crippen LogP contribution is -2.32. The third-order valence-corrected chi connectivity index (χ3v) is 2.61. The summed E-state index contributed by atoms with van der Waals surface area (Å²) in [4.78, 5) is 23.0. The predicted molar refractivity (Wildman–Crippen MR) is 70.0 cm³/mol. The molecule has 0 fully saturated rings. The molecule has 0 bridgehead atoms. The van der Waals surface area contributed by atoms with E-state index in [1.165, 1.54) is 25.1 Å². The number of nitrogens with one attached hydrogen (secondary N) is 1. The number of nitriles is 1. The van der Waals surface area contributed by atoms with Crippen LogP contribution in [0.15, 0.2) is 18.2 Å². The topological polar surface area (TPSA) is 79.2 Å². The third-order valence-electron chi connectivity index (χ3n) is 2.06. The van der Waals surface area contributed by atoms with Crippen molar-refractivity contribution in [2.75, 3.05) is 6.54 Å². The van der Waals surface area contributed by atoms with Gasteiger partial charge in [-0.25, -0.2) is 0 Å². The molecule has 1 amide bonds. The molecule has 0 radical (unpaired) electrons. The fraction of sp³-hybridized carbons (Fsp3) is 0.250. The molecule has 0 saturated carbocycles. The number of esters is 1. The van der Waals surface area contributed by atoms with Crippen molar-refractivity contribution in [3.8, 4) is 6.07 Å². The summed E-state index contributed by atoms with van der Waals surface area (Å²) in [5.74, 6) is -1.23. The van der Waals surface area contributed by atoms with E-state index in [4.69, 9.17) is 28.5 Å². The standard InChI is InChI=1S/C12H10Cl2N2O3/c1-7(5-15)19-11(17)6-16-12(18)9-3-2-8(13)4-10(9)14/h2-4,7H,6H2,1H3,(H,16,18)/t7-/m0/s1. The van der Waals surface area contributed by atoms with Crippen molar-refractivity contribution >= 4 is 35.1 Å². The van der Waals surface area contributed by atoms with Crippen LogP contribution in [0.25, 0.3) is 0 Å². The zero-order valence-corrected chi connectivity index (χ0v) is 11.5. The molecule has 0 aliphatic carbocycles. The van der Waals surface area contributed by atoms with E-state index in [2.05, 4.69) is 10.1 Å². The minimum Gasteiger partial charge on any atom is -0.446 e. The first-order chi connectivity index (χ1) is 8.93. The average molecular weight is 301 g/mol. The summed E-state index contributed by atoms with van der Waals surface area (Å²) >= 11 is 11.5. The fourth-order valence-corrected chi connectivity index (χ4v) is 1.68. The smallest absolute Gasteiger partial charge is 0.326 e. The Hall–Kier alpha value is -1.77. The molecule has 5 nitrogen and oxygen atoms in total. The van der Waals surface area contributed by atoms with Gasteiger partial charge in [0.05, 0.1) is 10.6 Å². The maximum absolute atomic E-state index is 11.7. The largest absolute Gasteiger partial charge is 0.446 e. The number of hydrogen-bond donors (Lipinski definition) is 1. The van der Waals surface area contributed by atoms with Crippen LogP contribution in [0, 0.1) is 11.3 Å². The minimum atomic E-state index is -0.858. The van der Waals surface area contributed by atoms with E-state index in [-0.39, 0.29) is 17.1 Å². The van der Waals surface area contributed by atoms with Crippen molar-refractivity contribution < 1.29 is 14.3 Å². The van der Waals surface area contributed by atoms with Crippen molar-refractivity contribution in [3.05, 3.63) is 33.8 Å². The molecule has 1 rings (SSSR count). The van der Waals surface area contributed by atoms with Crippen LogP contribution in [0.2, 0.25) is 10.0 Å². The van der Waals surface area contributed by atoms with Crippen LogP contribution >= 0.6 is 23.2 Å². The van der Waals surface area contributed by atoms with Gasteiger partial charge in [-0.15, -0.1) is 0 Å². The Morgan fingerprint density at radius 1 is 1.47 bits per heavy atom. The lowest BCUT2D eigenvalue weighted by atomic mass is 10.2. The molecule has 0 aromatic heterocycles. The van der Waals surface area contributed by atoms with E-state index in [1.54, 1.807) is 6.07 Å². The molecular weight excluding hydrogens is 291 g/mol. The molecule has 7 heteroatoms. The van der Waals surface area contributed by atoms with E-state index >= 15 is 0 Å². The van der Waals surface area contributed by atoms with Gasteiger partial charge in [-0.05, 0) is 25.1 Å². The monoisotopic (exact) mass is 300 g/mol. The Kier molecular flexibility index (Phi) is 5.61. The Bertz CT molecular complexity index is 540. The van der Waals surface area contributed by atoms with Crippen LogP contribution in [0.4, 0.5) is 0 Å². The van der Waals surface area contributed by atoms with Gasteiger partial charge in [0, 0.05) is 5.02 Å². The maximum atomic E-state index is 11.7. The molecule has 0 spiro atoms. The minimum absolute atomic E-state index is 0.184. The first-order valence-corrected chi connectivity index (χ1v) is 6.02. The zero-order chi connectivity index (χ0) is 14.4. The van der Waals surface area contributed by atoms with Gasteiger partial charge in [-0.1, -0.05) is 23.2 Å². The van der Waals surface area contributed by atoms with Crippen LogP contribution in [-0.4, -0.2) is 24.5 Å². The van der Waals surface area contributed by atoms with Gasteiger partial charge in [0.1, 0.15) is 12.6 Å². The molecule has 0 saturated heterocycles. The number of hydrogen-bond acceptors (Lipinski definition) is 4. The van der Waals surface area contributed by atoms with E-state index in [1.807, 2.05) is 0 Å². The molecule has 1 aromatic carbocycles. The van der Waals surface area contributed by atoms with Crippen LogP contribution in [0.5, 0.6) is 0 Å². The molecule has 1 atom stereocenters. The highest BCUT2D eigenvalue weighted by Gasteiger charge is 2.13. The highest BCUT2D eigenvalue weighted by molar-refractivity contribution is 6.36. The van der Waals surface area contributed by atoms with Gasteiger partial charge in [0.2, 0.25) is 0 Å². The molecular formula is C12H10Cl2N2O3. The summed E-state index contributed by atoms with van der Waals surface area (Å²) in [6.07, 6.45) is -0.858. The lowest BCUT2D eigenvalue weighted by Gasteiger charge is -2.08. The van der Waals surface area contributed by atoms with Crippen LogP contribution in [0.1, 0.15) is 17.3 Å². The van der Waals surface area contributed by atoms with Gasteiger partial charge < -0.3 is 10.1 Å². The molecule has 1 aromatic rings. The van der Waals surface area contributed by atoms with Crippen molar-refractivity contribution in [1.82, 2.24) is 5.32 Å². The van der Waals surface area contributed by atoms with Gasteiger partial charge >= 0.3 is 5.97 Å². The van der Waals surface area contributed by atoms with Crippen molar-refractivity contribution in [3.63, 3.8) is 0 Å². The number of ether oxygens (including phenoxy) is 1. The van der Waals surface area contributed by atoms with Gasteiger partial charge in [-0.3, -0.25) is 9.59 Å². The molecule has 0 unspecified atom stereocenters. The second-order valence-corrected chi connectivity index (χ2v) is 4.41. The predicted octanol–water partition coefficient (Wildman–Crippen LogP) is 2.18. The number of amides is 1. The van der Waals surface area contributed by atoms with Crippen LogP contribution < -0.4 is 5.32 Å². The van der Waals surface area contributed by atoms with Gasteiger partial charge in [0.25, 0.3) is 5.91 Å². The molecule has 100 valence electrons.